The molecular formula is C47H55N5O7S3. The van der Waals surface area contributed by atoms with Gasteiger partial charge in [-0.15, -0.1) is 29.3 Å². The molecule has 0 spiro atoms. The highest BCUT2D eigenvalue weighted by molar-refractivity contribution is 7.90. The largest absolute Gasteiger partial charge is 0.491 e. The molecule has 0 bridgehead atoms. The zero-order chi connectivity index (χ0) is 44.3. The van der Waals surface area contributed by atoms with E-state index in [9.17, 15) is 18.0 Å². The third kappa shape index (κ3) is 8.90. The number of carbonyl (C=O) groups is 3. The van der Waals surface area contributed by atoms with Crippen LogP contribution in [0.25, 0.3) is 31.7 Å². The van der Waals surface area contributed by atoms with Crippen molar-refractivity contribution >= 4 is 70.6 Å². The number of nitrogens with one attached hydrogen (secondary N) is 1. The second kappa shape index (κ2) is 16.8. The van der Waals surface area contributed by atoms with Crippen LogP contribution in [0, 0.1) is 22.7 Å². The number of carbonyl (C=O) groups excluding carboxylic acids is 3. The molecule has 3 aliphatic rings. The van der Waals surface area contributed by atoms with Crippen LogP contribution in [-0.2, 0) is 30.8 Å². The fourth-order valence-electron chi connectivity index (χ4n) is 8.45. The van der Waals surface area contributed by atoms with Gasteiger partial charge in [0.15, 0.2) is 11.6 Å². The third-order valence-corrected chi connectivity index (χ3v) is 16.2. The van der Waals surface area contributed by atoms with Crippen molar-refractivity contribution in [2.45, 2.75) is 116 Å². The van der Waals surface area contributed by atoms with Crippen LogP contribution >= 0.6 is 22.7 Å². The molecule has 1 N–H and O–H groups in total. The zero-order valence-electron chi connectivity index (χ0n) is 36.3. The molecule has 62 heavy (non-hydrogen) atoms. The van der Waals surface area contributed by atoms with Crippen LogP contribution in [0.1, 0.15) is 97.2 Å². The fraction of sp³-hybridized carbons (Fsp3) is 0.489. The summed E-state index contributed by atoms with van der Waals surface area (Å²) in [6.07, 6.45) is 2.57. The van der Waals surface area contributed by atoms with Crippen molar-refractivity contribution in [2.75, 3.05) is 6.54 Å². The summed E-state index contributed by atoms with van der Waals surface area (Å²) in [5.74, 6) is -0.350. The van der Waals surface area contributed by atoms with Gasteiger partial charge in [-0.2, -0.15) is 4.98 Å². The number of benzene rings is 2. The summed E-state index contributed by atoms with van der Waals surface area (Å²) in [6, 6.07) is 14.7. The molecule has 5 aromatic rings. The first-order valence-electron chi connectivity index (χ1n) is 21.5. The number of fused-ring (bicyclic) bond motifs is 3. The smallest absolute Gasteiger partial charge is 0.240 e. The first-order chi connectivity index (χ1) is 29.4. The standard InChI is InChI=1S/C47H55N5O7S3/c1-9-29-22-47(29,45(55)51-62(56,57)32-18-19-32)23-37(53)36-20-31(24-52(36)44(54)34(46(6,7)8)21-39-48-35(25-60-39)26(2)3)59-43-41-40(33-12-10-11-13-38(33)61-41)49-42(50-43)28-14-16-30(17-15-28)58-27(4)5/h9-17,25-27,29,31-32,34,36H,1,18-24H2,2-8H3,(H,51,55)/t29-,31-,34-,36+,47-/m1/s1. The molecule has 3 fully saturated rings. The van der Waals surface area contributed by atoms with E-state index in [1.807, 2.05) is 88.5 Å². The van der Waals surface area contributed by atoms with Gasteiger partial charge in [-0.3, -0.25) is 19.1 Å². The molecule has 2 saturated carbocycles. The Morgan fingerprint density at radius 1 is 1.03 bits per heavy atom. The monoisotopic (exact) mass is 897 g/mol. The first-order valence-corrected chi connectivity index (χ1v) is 24.7. The predicted octanol–water partition coefficient (Wildman–Crippen LogP) is 8.89. The van der Waals surface area contributed by atoms with Crippen LogP contribution < -0.4 is 14.2 Å². The van der Waals surface area contributed by atoms with Crippen molar-refractivity contribution in [2.24, 2.45) is 22.7 Å². The van der Waals surface area contributed by atoms with Gasteiger partial charge in [0.05, 0.1) is 45.6 Å². The van der Waals surface area contributed by atoms with Gasteiger partial charge in [-0.1, -0.05) is 58.9 Å². The Kier molecular flexibility index (Phi) is 11.9. The Balaban J connectivity index is 1.14. The molecular weight excluding hydrogens is 843 g/mol. The summed E-state index contributed by atoms with van der Waals surface area (Å²) in [5, 5.41) is 3.24. The van der Waals surface area contributed by atoms with E-state index < -0.39 is 50.1 Å². The molecule has 328 valence electrons. The van der Waals surface area contributed by atoms with E-state index in [4.69, 9.17) is 24.4 Å². The zero-order valence-corrected chi connectivity index (χ0v) is 38.8. The van der Waals surface area contributed by atoms with Gasteiger partial charge in [-0.05, 0) is 80.7 Å². The topological polar surface area (TPSA) is 158 Å². The lowest BCUT2D eigenvalue weighted by Gasteiger charge is -2.35. The van der Waals surface area contributed by atoms with Crippen LogP contribution in [-0.4, -0.2) is 75.9 Å². The molecule has 2 aliphatic carbocycles. The third-order valence-electron chi connectivity index (χ3n) is 12.3. The molecule has 3 aromatic heterocycles. The van der Waals surface area contributed by atoms with Gasteiger partial charge in [0.25, 0.3) is 0 Å². The minimum atomic E-state index is -3.86. The Morgan fingerprint density at radius 2 is 1.76 bits per heavy atom. The summed E-state index contributed by atoms with van der Waals surface area (Å²) in [4.78, 5) is 60.2. The number of nitrogens with zero attached hydrogens (tertiary/aromatic N) is 4. The maximum Gasteiger partial charge on any atom is 0.240 e. The number of ether oxygens (including phenoxy) is 2. The van der Waals surface area contributed by atoms with Crippen molar-refractivity contribution in [3.8, 4) is 23.0 Å². The Bertz CT molecular complexity index is 2640. The molecule has 1 aliphatic heterocycles. The Hall–Kier alpha value is -4.73. The van der Waals surface area contributed by atoms with Gasteiger partial charge in [0, 0.05) is 46.2 Å². The first kappa shape index (κ1) is 43.9. The summed E-state index contributed by atoms with van der Waals surface area (Å²) in [7, 11) is -3.86. The Morgan fingerprint density at radius 3 is 2.39 bits per heavy atom. The number of hydrogen-bond donors (Lipinski definition) is 1. The van der Waals surface area contributed by atoms with Crippen LogP contribution in [0.4, 0.5) is 0 Å². The summed E-state index contributed by atoms with van der Waals surface area (Å²) in [6.45, 7) is 18.2. The molecule has 12 nitrogen and oxygen atoms in total. The minimum absolute atomic E-state index is 0.0156. The van der Waals surface area contributed by atoms with E-state index in [0.29, 0.717) is 37.4 Å². The molecule has 2 aromatic carbocycles. The lowest BCUT2D eigenvalue weighted by atomic mass is 9.77. The van der Waals surface area contributed by atoms with E-state index >= 15 is 4.79 Å². The van der Waals surface area contributed by atoms with Gasteiger partial charge < -0.3 is 14.4 Å². The highest BCUT2D eigenvalue weighted by atomic mass is 32.2. The molecule has 5 atom stereocenters. The molecule has 8 rings (SSSR count). The minimum Gasteiger partial charge on any atom is -0.491 e. The number of thiazole rings is 1. The van der Waals surface area contributed by atoms with Crippen molar-refractivity contribution in [3.05, 3.63) is 77.3 Å². The van der Waals surface area contributed by atoms with Gasteiger partial charge in [0.1, 0.15) is 16.6 Å². The maximum absolute atomic E-state index is 15.1. The number of sulfonamides is 1. The Labute approximate surface area is 371 Å². The van der Waals surface area contributed by atoms with Crippen LogP contribution in [0.5, 0.6) is 11.6 Å². The van der Waals surface area contributed by atoms with E-state index in [1.165, 1.54) is 22.7 Å². The molecule has 0 unspecified atom stereocenters. The molecule has 0 radical (unpaired) electrons. The SMILES string of the molecule is C=C[C@@H]1C[C@]1(CC(=O)[C@@H]1C[C@@H](Oc2nc(-c3ccc(OC(C)C)cc3)nc3c2sc2ccccc23)CN1C(=O)[C@@H](Cc1nc(C(C)C)cs1)C(C)(C)C)C(=O)NS(=O)(=O)C1CC1. The average Bonchev–Trinajstić information content (AvgIpc) is 4.05. The number of aromatic nitrogens is 3. The number of thiophene rings is 1. The second-order valence-electron chi connectivity index (χ2n) is 18.8. The molecule has 2 amide bonds. The lowest BCUT2D eigenvalue weighted by Crippen LogP contribution is -2.48. The predicted molar refractivity (Wildman–Crippen MR) is 244 cm³/mol. The molecule has 15 heteroatoms. The number of amides is 2. The highest BCUT2D eigenvalue weighted by Crippen LogP contribution is 2.57. The normalized spacial score (nSPS) is 22.0. The number of Topliss-reactive ketones (excluding diaryl/α,β-unsaturated/α-hetero) is 1. The molecule has 4 heterocycles. The van der Waals surface area contributed by atoms with Crippen LogP contribution in [0.15, 0.2) is 66.6 Å². The summed E-state index contributed by atoms with van der Waals surface area (Å²) < 4.78 is 42.6. The van der Waals surface area contributed by atoms with Crippen molar-refractivity contribution in [3.63, 3.8) is 0 Å². The maximum atomic E-state index is 15.1. The molecule has 1 saturated heterocycles. The number of rotatable bonds is 16. The quantitative estimate of drug-likeness (QED) is 0.0949. The van der Waals surface area contributed by atoms with Crippen molar-refractivity contribution in [1.82, 2.24) is 24.6 Å². The van der Waals surface area contributed by atoms with Gasteiger partial charge in [-0.25, -0.2) is 18.4 Å². The van der Waals surface area contributed by atoms with E-state index in [0.717, 1.165) is 42.3 Å². The number of ketones is 1. The van der Waals surface area contributed by atoms with E-state index in [-0.39, 0.29) is 49.0 Å². The van der Waals surface area contributed by atoms with Crippen molar-refractivity contribution in [1.29, 1.82) is 0 Å². The van der Waals surface area contributed by atoms with E-state index in [1.54, 1.807) is 11.0 Å². The van der Waals surface area contributed by atoms with Crippen molar-refractivity contribution < 1.29 is 32.3 Å². The van der Waals surface area contributed by atoms with Crippen LogP contribution in [0.2, 0.25) is 0 Å². The number of allylic oxidation sites excluding steroid dienone is 1. The lowest BCUT2D eigenvalue weighted by molar-refractivity contribution is -0.144. The average molecular weight is 898 g/mol. The van der Waals surface area contributed by atoms with E-state index in [2.05, 4.69) is 25.1 Å². The van der Waals surface area contributed by atoms with Crippen LogP contribution in [0.3, 0.4) is 0 Å². The highest BCUT2D eigenvalue weighted by Gasteiger charge is 2.61. The fourth-order valence-corrected chi connectivity index (χ4v) is 11.9. The second-order valence-corrected chi connectivity index (χ2v) is 22.7. The number of likely N-dealkylation sites (tertiary alicyclic amines) is 1. The number of hydrogen-bond acceptors (Lipinski definition) is 12. The summed E-state index contributed by atoms with van der Waals surface area (Å²) >= 11 is 3.05. The summed E-state index contributed by atoms with van der Waals surface area (Å²) in [5.41, 5.74) is 0.701. The van der Waals surface area contributed by atoms with Gasteiger partial charge in [0.2, 0.25) is 27.7 Å². The van der Waals surface area contributed by atoms with Gasteiger partial charge >= 0.3 is 0 Å².